The molecule has 0 aromatic heterocycles. The first kappa shape index (κ1) is 25.4. The maximum absolute atomic E-state index is 6.01. The van der Waals surface area contributed by atoms with Gasteiger partial charge >= 0.3 is 0 Å². The molecular weight excluding hydrogens is 426 g/mol. The molecule has 32 heavy (non-hydrogen) atoms. The van der Waals surface area contributed by atoms with Crippen LogP contribution in [0.3, 0.4) is 0 Å². The lowest BCUT2D eigenvalue weighted by Gasteiger charge is -2.14. The first-order valence-electron chi connectivity index (χ1n) is 10.4. The van der Waals surface area contributed by atoms with E-state index >= 15 is 0 Å². The first-order chi connectivity index (χ1) is 15.1. The molecule has 0 fully saturated rings. The topological polar surface area (TPSA) is 49.0 Å². The highest BCUT2D eigenvalue weighted by atomic mass is 35.5. The van der Waals surface area contributed by atoms with Crippen molar-refractivity contribution in [2.24, 2.45) is 0 Å². The lowest BCUT2D eigenvalue weighted by molar-refractivity contribution is 0.283. The van der Waals surface area contributed by atoms with Gasteiger partial charge in [-0.2, -0.15) is 0 Å². The number of rotatable bonds is 11. The molecule has 3 aromatic carbocycles. The highest BCUT2D eigenvalue weighted by Crippen LogP contribution is 2.29. The Labute approximate surface area is 197 Å². The third-order valence-corrected chi connectivity index (χ3v) is 5.24. The van der Waals surface area contributed by atoms with Gasteiger partial charge in [0, 0.05) is 6.54 Å². The molecule has 0 aliphatic rings. The van der Waals surface area contributed by atoms with Gasteiger partial charge < -0.3 is 24.3 Å². The van der Waals surface area contributed by atoms with Gasteiger partial charge in [-0.15, -0.1) is 12.4 Å². The van der Waals surface area contributed by atoms with E-state index in [1.165, 1.54) is 16.7 Å². The highest BCUT2D eigenvalue weighted by molar-refractivity contribution is 5.85. The van der Waals surface area contributed by atoms with Gasteiger partial charge in [0.15, 0.2) is 23.0 Å². The SMILES string of the molecule is COc1ccc(CCNCc2ccc(OCc3ccccc3C)c(OC)c2)cc1OC.Cl. The van der Waals surface area contributed by atoms with E-state index in [0.717, 1.165) is 48.1 Å². The molecule has 172 valence electrons. The third-order valence-electron chi connectivity index (χ3n) is 5.24. The van der Waals surface area contributed by atoms with Crippen molar-refractivity contribution < 1.29 is 18.9 Å². The molecule has 0 saturated carbocycles. The molecule has 0 spiro atoms. The number of halogens is 1. The zero-order valence-electron chi connectivity index (χ0n) is 19.1. The Hall–Kier alpha value is -2.89. The average Bonchev–Trinajstić information content (AvgIpc) is 2.81. The Kier molecular flexibility index (Phi) is 10.2. The highest BCUT2D eigenvalue weighted by Gasteiger charge is 2.08. The molecule has 0 unspecified atom stereocenters. The van der Waals surface area contributed by atoms with Gasteiger partial charge in [-0.05, 0) is 66.4 Å². The molecule has 3 rings (SSSR count). The van der Waals surface area contributed by atoms with E-state index in [4.69, 9.17) is 18.9 Å². The summed E-state index contributed by atoms with van der Waals surface area (Å²) < 4.78 is 22.2. The quantitative estimate of drug-likeness (QED) is 0.393. The van der Waals surface area contributed by atoms with E-state index < -0.39 is 0 Å². The van der Waals surface area contributed by atoms with Crippen LogP contribution in [0.4, 0.5) is 0 Å². The molecule has 0 aliphatic heterocycles. The molecule has 0 aliphatic carbocycles. The van der Waals surface area contributed by atoms with Crippen LogP contribution >= 0.6 is 12.4 Å². The van der Waals surface area contributed by atoms with E-state index in [9.17, 15) is 0 Å². The Morgan fingerprint density at radius 2 is 1.34 bits per heavy atom. The number of nitrogens with one attached hydrogen (secondary N) is 1. The second-order valence-electron chi connectivity index (χ2n) is 7.32. The molecule has 0 saturated heterocycles. The average molecular weight is 458 g/mol. The monoisotopic (exact) mass is 457 g/mol. The lowest BCUT2D eigenvalue weighted by atomic mass is 10.1. The first-order valence-corrected chi connectivity index (χ1v) is 10.4. The Morgan fingerprint density at radius 3 is 2.06 bits per heavy atom. The fraction of sp³-hybridized carbons (Fsp3) is 0.308. The number of aryl methyl sites for hydroxylation is 1. The predicted molar refractivity (Wildman–Crippen MR) is 131 cm³/mol. The van der Waals surface area contributed by atoms with Crippen molar-refractivity contribution in [2.45, 2.75) is 26.5 Å². The third kappa shape index (κ3) is 6.81. The van der Waals surface area contributed by atoms with Crippen LogP contribution in [0.25, 0.3) is 0 Å². The molecule has 5 nitrogen and oxygen atoms in total. The zero-order valence-corrected chi connectivity index (χ0v) is 20.0. The second kappa shape index (κ2) is 12.8. The molecule has 0 radical (unpaired) electrons. The van der Waals surface area contributed by atoms with E-state index in [2.05, 4.69) is 36.5 Å². The Morgan fingerprint density at radius 1 is 0.719 bits per heavy atom. The van der Waals surface area contributed by atoms with Crippen LogP contribution in [-0.4, -0.2) is 27.9 Å². The minimum atomic E-state index is 0. The van der Waals surface area contributed by atoms with Gasteiger partial charge in [0.1, 0.15) is 6.61 Å². The summed E-state index contributed by atoms with van der Waals surface area (Å²) in [5.41, 5.74) is 4.73. The fourth-order valence-electron chi connectivity index (χ4n) is 3.37. The van der Waals surface area contributed by atoms with Gasteiger partial charge in [0.05, 0.1) is 21.3 Å². The largest absolute Gasteiger partial charge is 0.493 e. The van der Waals surface area contributed by atoms with Crippen molar-refractivity contribution in [3.05, 3.63) is 82.9 Å². The number of hydrogen-bond donors (Lipinski definition) is 1. The maximum Gasteiger partial charge on any atom is 0.161 e. The number of benzene rings is 3. The summed E-state index contributed by atoms with van der Waals surface area (Å²) in [6.45, 7) is 4.21. The van der Waals surface area contributed by atoms with E-state index in [1.54, 1.807) is 21.3 Å². The van der Waals surface area contributed by atoms with Crippen LogP contribution < -0.4 is 24.3 Å². The minimum absolute atomic E-state index is 0. The predicted octanol–water partition coefficient (Wildman–Crippen LogP) is 5.35. The molecule has 3 aromatic rings. The van der Waals surface area contributed by atoms with Crippen LogP contribution in [0.1, 0.15) is 22.3 Å². The summed E-state index contributed by atoms with van der Waals surface area (Å²) in [6, 6.07) is 20.3. The van der Waals surface area contributed by atoms with Gasteiger partial charge in [0.25, 0.3) is 0 Å². The minimum Gasteiger partial charge on any atom is -0.493 e. The Balaban J connectivity index is 0.00000363. The number of methoxy groups -OCH3 is 3. The van der Waals surface area contributed by atoms with Gasteiger partial charge in [-0.1, -0.05) is 36.4 Å². The van der Waals surface area contributed by atoms with E-state index in [-0.39, 0.29) is 12.4 Å². The van der Waals surface area contributed by atoms with Gasteiger partial charge in [-0.25, -0.2) is 0 Å². The van der Waals surface area contributed by atoms with Crippen molar-refractivity contribution in [3.8, 4) is 23.0 Å². The van der Waals surface area contributed by atoms with Crippen LogP contribution in [0.2, 0.25) is 0 Å². The lowest BCUT2D eigenvalue weighted by Crippen LogP contribution is -2.16. The standard InChI is InChI=1S/C26H31NO4.ClH/c1-19-7-5-6-8-22(19)18-31-24-12-10-21(16-26(24)30-4)17-27-14-13-20-9-11-23(28-2)25(15-20)29-3;/h5-12,15-16,27H,13-14,17-18H2,1-4H3;1H. The van der Waals surface area contributed by atoms with Gasteiger partial charge in [-0.3, -0.25) is 0 Å². The summed E-state index contributed by atoms with van der Waals surface area (Å²) in [5.74, 6) is 3.00. The van der Waals surface area contributed by atoms with Crippen molar-refractivity contribution in [1.82, 2.24) is 5.32 Å². The second-order valence-corrected chi connectivity index (χ2v) is 7.32. The van der Waals surface area contributed by atoms with Crippen LogP contribution in [0.15, 0.2) is 60.7 Å². The van der Waals surface area contributed by atoms with Crippen molar-refractivity contribution >= 4 is 12.4 Å². The summed E-state index contributed by atoms with van der Waals surface area (Å²) >= 11 is 0. The maximum atomic E-state index is 6.01. The van der Waals surface area contributed by atoms with Crippen molar-refractivity contribution in [1.29, 1.82) is 0 Å². The van der Waals surface area contributed by atoms with E-state index in [1.807, 2.05) is 36.4 Å². The summed E-state index contributed by atoms with van der Waals surface area (Å²) in [6.07, 6.45) is 0.898. The molecule has 1 N–H and O–H groups in total. The van der Waals surface area contributed by atoms with E-state index in [0.29, 0.717) is 6.61 Å². The summed E-state index contributed by atoms with van der Waals surface area (Å²) in [5, 5.41) is 3.48. The molecule has 0 atom stereocenters. The summed E-state index contributed by atoms with van der Waals surface area (Å²) in [4.78, 5) is 0. The molecule has 0 amide bonds. The zero-order chi connectivity index (χ0) is 22.1. The molecule has 0 bridgehead atoms. The van der Waals surface area contributed by atoms with Crippen LogP contribution in [-0.2, 0) is 19.6 Å². The number of hydrogen-bond acceptors (Lipinski definition) is 5. The Bertz CT molecular complexity index is 993. The normalized spacial score (nSPS) is 10.2. The van der Waals surface area contributed by atoms with Crippen molar-refractivity contribution in [3.63, 3.8) is 0 Å². The smallest absolute Gasteiger partial charge is 0.161 e. The fourth-order valence-corrected chi connectivity index (χ4v) is 3.37. The molecular formula is C26H32ClNO4. The molecule has 0 heterocycles. The van der Waals surface area contributed by atoms with Crippen LogP contribution in [0.5, 0.6) is 23.0 Å². The number of ether oxygens (including phenoxy) is 4. The summed E-state index contributed by atoms with van der Waals surface area (Å²) in [7, 11) is 4.97. The van der Waals surface area contributed by atoms with Gasteiger partial charge in [0.2, 0.25) is 0 Å². The molecule has 6 heteroatoms. The van der Waals surface area contributed by atoms with Crippen molar-refractivity contribution in [2.75, 3.05) is 27.9 Å². The van der Waals surface area contributed by atoms with Crippen LogP contribution in [0, 0.1) is 6.92 Å².